The highest BCUT2D eigenvalue weighted by atomic mass is 16.7. The third-order valence-corrected chi connectivity index (χ3v) is 8.73. The molecule has 222 valence electrons. The molecule has 2 aliphatic rings. The van der Waals surface area contributed by atoms with Gasteiger partial charge in [0.25, 0.3) is 0 Å². The first-order chi connectivity index (χ1) is 20.4. The number of aliphatic hydroxyl groups excluding tert-OH is 1. The van der Waals surface area contributed by atoms with E-state index in [9.17, 15) is 9.90 Å². The zero-order chi connectivity index (χ0) is 29.5. The van der Waals surface area contributed by atoms with E-state index < -0.39 is 6.29 Å². The Hall–Kier alpha value is -3.29. The van der Waals surface area contributed by atoms with Crippen LogP contribution in [0.5, 0.6) is 0 Å². The van der Waals surface area contributed by atoms with Crippen molar-refractivity contribution in [2.75, 3.05) is 13.1 Å². The summed E-state index contributed by atoms with van der Waals surface area (Å²) in [5, 5.41) is 12.4. The van der Waals surface area contributed by atoms with Crippen LogP contribution in [0.1, 0.15) is 74.2 Å². The molecular formula is C36H44N2O4. The molecule has 1 saturated carbocycles. The molecule has 6 heteroatoms. The number of nitrogens with zero attached hydrogens (tertiary/aromatic N) is 1. The number of carbonyl (C=O) groups excluding carboxylic acids is 1. The second kappa shape index (κ2) is 14.3. The maximum Gasteiger partial charge on any atom is 0.217 e. The minimum atomic E-state index is -0.497. The van der Waals surface area contributed by atoms with Crippen molar-refractivity contribution in [3.05, 3.63) is 108 Å². The van der Waals surface area contributed by atoms with E-state index in [0.29, 0.717) is 12.6 Å². The Labute approximate surface area is 250 Å². The Morgan fingerprint density at radius 3 is 2.36 bits per heavy atom. The molecule has 3 aromatic rings. The van der Waals surface area contributed by atoms with E-state index in [-0.39, 0.29) is 30.6 Å². The monoisotopic (exact) mass is 568 g/mol. The summed E-state index contributed by atoms with van der Waals surface area (Å²) >= 11 is 0. The van der Waals surface area contributed by atoms with Crippen molar-refractivity contribution >= 4 is 5.91 Å². The Bertz CT molecular complexity index is 1320. The molecule has 0 aromatic heterocycles. The third kappa shape index (κ3) is 7.37. The summed E-state index contributed by atoms with van der Waals surface area (Å²) in [4.78, 5) is 13.9. The van der Waals surface area contributed by atoms with Crippen LogP contribution in [-0.4, -0.2) is 41.1 Å². The molecule has 3 aromatic carbocycles. The lowest BCUT2D eigenvalue weighted by atomic mass is 9.89. The van der Waals surface area contributed by atoms with Gasteiger partial charge in [0, 0.05) is 44.1 Å². The van der Waals surface area contributed by atoms with Crippen LogP contribution in [0, 0.1) is 5.92 Å². The summed E-state index contributed by atoms with van der Waals surface area (Å²) in [6, 6.07) is 25.3. The molecule has 0 bridgehead atoms. The van der Waals surface area contributed by atoms with Crippen LogP contribution >= 0.6 is 0 Å². The quantitative estimate of drug-likeness (QED) is 0.252. The van der Waals surface area contributed by atoms with Gasteiger partial charge in [0.05, 0.1) is 18.8 Å². The lowest BCUT2D eigenvalue weighted by Crippen LogP contribution is -2.47. The highest BCUT2D eigenvalue weighted by molar-refractivity contribution is 5.73. The van der Waals surface area contributed by atoms with Crippen molar-refractivity contribution < 1.29 is 19.4 Å². The maximum atomic E-state index is 11.4. The van der Waals surface area contributed by atoms with Gasteiger partial charge in [0.1, 0.15) is 0 Å². The first-order valence-corrected chi connectivity index (χ1v) is 15.2. The molecule has 4 atom stereocenters. The highest BCUT2D eigenvalue weighted by Crippen LogP contribution is 2.42. The molecule has 1 aliphatic heterocycles. The van der Waals surface area contributed by atoms with Gasteiger partial charge in [0.2, 0.25) is 5.91 Å². The van der Waals surface area contributed by atoms with Crippen molar-refractivity contribution in [2.45, 2.75) is 77.2 Å². The van der Waals surface area contributed by atoms with Crippen LogP contribution in [0.3, 0.4) is 0 Å². The van der Waals surface area contributed by atoms with E-state index in [4.69, 9.17) is 9.47 Å². The Morgan fingerprint density at radius 2 is 1.69 bits per heavy atom. The van der Waals surface area contributed by atoms with Crippen LogP contribution in [-0.2, 0) is 27.4 Å². The number of rotatable bonds is 11. The smallest absolute Gasteiger partial charge is 0.217 e. The fourth-order valence-corrected chi connectivity index (χ4v) is 6.29. The van der Waals surface area contributed by atoms with Crippen molar-refractivity contribution in [3.63, 3.8) is 0 Å². The van der Waals surface area contributed by atoms with Crippen molar-refractivity contribution in [1.29, 1.82) is 0 Å². The molecule has 1 amide bonds. The van der Waals surface area contributed by atoms with E-state index >= 15 is 0 Å². The standard InChI is InChI=1S/C36H44N2O4/c1-4-20-38(33-10-5-6-11-33)23-34-25(2)35(30-14-12-27(24-39)13-15-30)42-36(41-34)31-18-16-29(17-19-31)32-9-7-8-28(21-32)22-37-26(3)40/h4,7-9,12-19,21,25,33-36,39H,1,5-6,10-11,20,22-24H2,2-3H3,(H,37,40). The Kier molecular flexibility index (Phi) is 10.2. The first kappa shape index (κ1) is 30.2. The molecular weight excluding hydrogens is 524 g/mol. The summed E-state index contributed by atoms with van der Waals surface area (Å²) in [5.74, 6) is 0.101. The zero-order valence-electron chi connectivity index (χ0n) is 24.9. The number of nitrogens with one attached hydrogen (secondary N) is 1. The van der Waals surface area contributed by atoms with Crippen LogP contribution in [0.4, 0.5) is 0 Å². The van der Waals surface area contributed by atoms with Gasteiger partial charge in [-0.2, -0.15) is 0 Å². The van der Waals surface area contributed by atoms with E-state index in [0.717, 1.165) is 46.5 Å². The molecule has 6 nitrogen and oxygen atoms in total. The normalized spacial score (nSPS) is 22.8. The average molecular weight is 569 g/mol. The van der Waals surface area contributed by atoms with Crippen LogP contribution < -0.4 is 5.32 Å². The van der Waals surface area contributed by atoms with Gasteiger partial charge in [-0.05, 0) is 46.7 Å². The fraction of sp³-hybridized carbons (Fsp3) is 0.417. The van der Waals surface area contributed by atoms with Gasteiger partial charge < -0.3 is 19.9 Å². The van der Waals surface area contributed by atoms with Crippen molar-refractivity contribution in [2.24, 2.45) is 5.92 Å². The minimum Gasteiger partial charge on any atom is -0.392 e. The van der Waals surface area contributed by atoms with E-state index in [2.05, 4.69) is 72.3 Å². The van der Waals surface area contributed by atoms with Crippen LogP contribution in [0.2, 0.25) is 0 Å². The highest BCUT2D eigenvalue weighted by Gasteiger charge is 2.40. The molecule has 0 radical (unpaired) electrons. The number of ether oxygens (including phenoxy) is 2. The zero-order valence-corrected chi connectivity index (χ0v) is 24.9. The first-order valence-electron chi connectivity index (χ1n) is 15.2. The SMILES string of the molecule is C=CCN(CC1OC(c2ccc(-c3cccc(CNC(C)=O)c3)cc2)OC(c2ccc(CO)cc2)C1C)C1CCCC1. The molecule has 42 heavy (non-hydrogen) atoms. The number of carbonyl (C=O) groups is 1. The predicted molar refractivity (Wildman–Crippen MR) is 166 cm³/mol. The second-order valence-electron chi connectivity index (χ2n) is 11.7. The van der Waals surface area contributed by atoms with E-state index in [1.165, 1.54) is 32.6 Å². The summed E-state index contributed by atoms with van der Waals surface area (Å²) in [7, 11) is 0. The van der Waals surface area contributed by atoms with Crippen LogP contribution in [0.25, 0.3) is 11.1 Å². The predicted octanol–water partition coefficient (Wildman–Crippen LogP) is 6.70. The summed E-state index contributed by atoms with van der Waals surface area (Å²) in [6.07, 6.45) is 6.39. The topological polar surface area (TPSA) is 71.0 Å². The number of hydrogen-bond donors (Lipinski definition) is 2. The number of amides is 1. The minimum absolute atomic E-state index is 0.0167. The maximum absolute atomic E-state index is 11.4. The molecule has 2 fully saturated rings. The number of aliphatic hydroxyl groups is 1. The lowest BCUT2D eigenvalue weighted by Gasteiger charge is -2.43. The summed E-state index contributed by atoms with van der Waals surface area (Å²) < 4.78 is 13.5. The Balaban J connectivity index is 1.39. The molecule has 2 N–H and O–H groups in total. The lowest BCUT2D eigenvalue weighted by molar-refractivity contribution is -0.276. The van der Waals surface area contributed by atoms with Gasteiger partial charge in [-0.25, -0.2) is 0 Å². The largest absolute Gasteiger partial charge is 0.392 e. The van der Waals surface area contributed by atoms with E-state index in [1.807, 2.05) is 30.3 Å². The molecule has 1 aliphatic carbocycles. The van der Waals surface area contributed by atoms with Crippen LogP contribution in [0.15, 0.2) is 85.5 Å². The fourth-order valence-electron chi connectivity index (χ4n) is 6.29. The van der Waals surface area contributed by atoms with Gasteiger partial charge in [-0.15, -0.1) is 6.58 Å². The average Bonchev–Trinajstić information content (AvgIpc) is 3.56. The number of hydrogen-bond acceptors (Lipinski definition) is 5. The molecule has 1 saturated heterocycles. The molecule has 1 heterocycles. The van der Waals surface area contributed by atoms with Gasteiger partial charge in [-0.3, -0.25) is 9.69 Å². The number of benzene rings is 3. The van der Waals surface area contributed by atoms with Crippen molar-refractivity contribution in [1.82, 2.24) is 10.2 Å². The van der Waals surface area contributed by atoms with Gasteiger partial charge in [-0.1, -0.05) is 92.6 Å². The Morgan fingerprint density at radius 1 is 0.976 bits per heavy atom. The molecule has 0 spiro atoms. The van der Waals surface area contributed by atoms with E-state index in [1.54, 1.807) is 0 Å². The third-order valence-electron chi connectivity index (χ3n) is 8.73. The van der Waals surface area contributed by atoms with Crippen molar-refractivity contribution in [3.8, 4) is 11.1 Å². The van der Waals surface area contributed by atoms with Gasteiger partial charge in [0.15, 0.2) is 6.29 Å². The van der Waals surface area contributed by atoms with Gasteiger partial charge >= 0.3 is 0 Å². The molecule has 4 unspecified atom stereocenters. The summed E-state index contributed by atoms with van der Waals surface area (Å²) in [5.41, 5.74) is 6.23. The second-order valence-corrected chi connectivity index (χ2v) is 11.7. The molecule has 5 rings (SSSR count). The summed E-state index contributed by atoms with van der Waals surface area (Å²) in [6.45, 7) is 10.0.